The van der Waals surface area contributed by atoms with Crippen molar-refractivity contribution < 1.29 is 0 Å². The third kappa shape index (κ3) is 2.81. The van der Waals surface area contributed by atoms with Crippen molar-refractivity contribution in [3.05, 3.63) is 51.1 Å². The number of hydrogen-bond acceptors (Lipinski definition) is 3. The van der Waals surface area contributed by atoms with E-state index in [9.17, 15) is 0 Å². The molecule has 0 spiro atoms. The van der Waals surface area contributed by atoms with Gasteiger partial charge in [-0.1, -0.05) is 23.2 Å². The molecule has 0 amide bonds. The first-order valence-corrected chi connectivity index (χ1v) is 6.37. The van der Waals surface area contributed by atoms with Crippen molar-refractivity contribution in [2.24, 2.45) is 0 Å². The SMILES string of the molecule is Cc1cc(Cl)c(Nc2nccc(C)c2C#N)cc1Cl. The number of aryl methyl sites for hydroxylation is 2. The fourth-order valence-electron chi connectivity index (χ4n) is 1.66. The van der Waals surface area contributed by atoms with Crippen LogP contribution >= 0.6 is 23.2 Å². The van der Waals surface area contributed by atoms with E-state index in [1.807, 2.05) is 13.8 Å². The largest absolute Gasteiger partial charge is 0.338 e. The van der Waals surface area contributed by atoms with Gasteiger partial charge in [0.15, 0.2) is 0 Å². The number of nitrogens with one attached hydrogen (secondary N) is 1. The Morgan fingerprint density at radius 1 is 1.16 bits per heavy atom. The zero-order valence-electron chi connectivity index (χ0n) is 10.5. The second kappa shape index (κ2) is 5.48. The van der Waals surface area contributed by atoms with Gasteiger partial charge in [0, 0.05) is 11.2 Å². The number of rotatable bonds is 2. The van der Waals surface area contributed by atoms with Crippen molar-refractivity contribution in [2.45, 2.75) is 13.8 Å². The van der Waals surface area contributed by atoms with Gasteiger partial charge in [-0.2, -0.15) is 5.26 Å². The molecule has 0 saturated carbocycles. The van der Waals surface area contributed by atoms with Crippen LogP contribution in [0.1, 0.15) is 16.7 Å². The van der Waals surface area contributed by atoms with Gasteiger partial charge in [0.05, 0.1) is 16.3 Å². The van der Waals surface area contributed by atoms with E-state index in [2.05, 4.69) is 16.4 Å². The van der Waals surface area contributed by atoms with E-state index >= 15 is 0 Å². The van der Waals surface area contributed by atoms with Gasteiger partial charge in [0.2, 0.25) is 0 Å². The molecule has 1 N–H and O–H groups in total. The van der Waals surface area contributed by atoms with E-state index < -0.39 is 0 Å². The zero-order valence-corrected chi connectivity index (χ0v) is 12.0. The van der Waals surface area contributed by atoms with Crippen LogP contribution in [0.3, 0.4) is 0 Å². The number of aromatic nitrogens is 1. The molecule has 1 aromatic carbocycles. The topological polar surface area (TPSA) is 48.7 Å². The van der Waals surface area contributed by atoms with Gasteiger partial charge in [-0.15, -0.1) is 0 Å². The number of nitriles is 1. The maximum atomic E-state index is 9.16. The molecular formula is C14H11Cl2N3. The summed E-state index contributed by atoms with van der Waals surface area (Å²) < 4.78 is 0. The number of pyridine rings is 1. The van der Waals surface area contributed by atoms with Crippen molar-refractivity contribution in [3.8, 4) is 6.07 Å². The maximum absolute atomic E-state index is 9.16. The van der Waals surface area contributed by atoms with Gasteiger partial charge < -0.3 is 5.32 Å². The Bertz CT molecular complexity index is 675. The molecule has 0 aliphatic carbocycles. The van der Waals surface area contributed by atoms with Gasteiger partial charge in [-0.25, -0.2) is 4.98 Å². The molecule has 2 aromatic rings. The minimum absolute atomic E-state index is 0.476. The monoisotopic (exact) mass is 291 g/mol. The summed E-state index contributed by atoms with van der Waals surface area (Å²) in [5, 5.41) is 13.4. The Balaban J connectivity index is 2.45. The summed E-state index contributed by atoms with van der Waals surface area (Å²) in [6.45, 7) is 3.73. The Hall–Kier alpha value is -1.76. The van der Waals surface area contributed by atoms with E-state index in [1.165, 1.54) is 0 Å². The van der Waals surface area contributed by atoms with Gasteiger partial charge in [-0.05, 0) is 43.2 Å². The molecule has 1 aromatic heterocycles. The van der Waals surface area contributed by atoms with E-state index in [4.69, 9.17) is 28.5 Å². The highest BCUT2D eigenvalue weighted by Gasteiger charge is 2.10. The summed E-state index contributed by atoms with van der Waals surface area (Å²) >= 11 is 12.2. The van der Waals surface area contributed by atoms with Gasteiger partial charge >= 0.3 is 0 Å². The second-order valence-corrected chi connectivity index (χ2v) is 4.98. The number of benzene rings is 1. The molecule has 96 valence electrons. The van der Waals surface area contributed by atoms with Crippen molar-refractivity contribution >= 4 is 34.7 Å². The van der Waals surface area contributed by atoms with Crippen LogP contribution in [0.2, 0.25) is 10.0 Å². The van der Waals surface area contributed by atoms with Crippen LogP contribution in [0.25, 0.3) is 0 Å². The Morgan fingerprint density at radius 2 is 1.89 bits per heavy atom. The predicted molar refractivity (Wildman–Crippen MR) is 78.2 cm³/mol. The molecule has 0 saturated heterocycles. The van der Waals surface area contributed by atoms with Crippen LogP contribution in [-0.2, 0) is 0 Å². The fourth-order valence-corrected chi connectivity index (χ4v) is 2.09. The lowest BCUT2D eigenvalue weighted by Crippen LogP contribution is -1.99. The van der Waals surface area contributed by atoms with Gasteiger partial charge in [0.25, 0.3) is 0 Å². The standard InChI is InChI=1S/C14H11Cl2N3/c1-8-3-4-18-14(10(8)7-17)19-13-6-11(15)9(2)5-12(13)16/h3-6H,1-2H3,(H,18,19). The lowest BCUT2D eigenvalue weighted by atomic mass is 10.1. The number of hydrogen-bond donors (Lipinski definition) is 1. The lowest BCUT2D eigenvalue weighted by Gasteiger charge is -2.11. The molecule has 0 radical (unpaired) electrons. The first kappa shape index (κ1) is 13.7. The molecule has 19 heavy (non-hydrogen) atoms. The van der Waals surface area contributed by atoms with Gasteiger partial charge in [-0.3, -0.25) is 0 Å². The number of anilines is 2. The van der Waals surface area contributed by atoms with Crippen molar-refractivity contribution in [2.75, 3.05) is 5.32 Å². The van der Waals surface area contributed by atoms with E-state index in [0.717, 1.165) is 11.1 Å². The van der Waals surface area contributed by atoms with Crippen LogP contribution in [0.4, 0.5) is 11.5 Å². The van der Waals surface area contributed by atoms with Crippen LogP contribution in [0.15, 0.2) is 24.4 Å². The predicted octanol–water partition coefficient (Wildman–Crippen LogP) is 4.62. The Labute approximate surface area is 121 Å². The molecule has 0 unspecified atom stereocenters. The first-order chi connectivity index (χ1) is 9.02. The maximum Gasteiger partial charge on any atom is 0.148 e. The molecule has 5 heteroatoms. The van der Waals surface area contributed by atoms with Gasteiger partial charge in [0.1, 0.15) is 11.9 Å². The van der Waals surface area contributed by atoms with Crippen molar-refractivity contribution in [1.82, 2.24) is 4.98 Å². The van der Waals surface area contributed by atoms with Crippen molar-refractivity contribution in [1.29, 1.82) is 5.26 Å². The third-order valence-corrected chi connectivity index (χ3v) is 3.49. The summed E-state index contributed by atoms with van der Waals surface area (Å²) in [5.74, 6) is 0.476. The van der Waals surface area contributed by atoms with Crippen LogP contribution in [0, 0.1) is 25.2 Å². The highest BCUT2D eigenvalue weighted by Crippen LogP contribution is 2.31. The highest BCUT2D eigenvalue weighted by atomic mass is 35.5. The van der Waals surface area contributed by atoms with Crippen molar-refractivity contribution in [3.63, 3.8) is 0 Å². The summed E-state index contributed by atoms with van der Waals surface area (Å²) in [6.07, 6.45) is 1.64. The average molecular weight is 292 g/mol. The van der Waals surface area contributed by atoms with Crippen LogP contribution in [0.5, 0.6) is 0 Å². The summed E-state index contributed by atoms with van der Waals surface area (Å²) in [6, 6.07) is 7.41. The molecule has 0 atom stereocenters. The third-order valence-electron chi connectivity index (χ3n) is 2.77. The zero-order chi connectivity index (χ0) is 14.0. The van der Waals surface area contributed by atoms with E-state index in [-0.39, 0.29) is 0 Å². The molecule has 1 heterocycles. The minimum Gasteiger partial charge on any atom is -0.338 e. The Kier molecular flexibility index (Phi) is 3.94. The average Bonchev–Trinajstić information content (AvgIpc) is 2.36. The van der Waals surface area contributed by atoms with E-state index in [0.29, 0.717) is 27.1 Å². The molecule has 0 bridgehead atoms. The van der Waals surface area contributed by atoms with Crippen LogP contribution in [-0.4, -0.2) is 4.98 Å². The lowest BCUT2D eigenvalue weighted by molar-refractivity contribution is 1.24. The number of nitrogens with zero attached hydrogens (tertiary/aromatic N) is 2. The Morgan fingerprint density at radius 3 is 2.58 bits per heavy atom. The quantitative estimate of drug-likeness (QED) is 0.878. The van der Waals surface area contributed by atoms with E-state index in [1.54, 1.807) is 24.4 Å². The second-order valence-electron chi connectivity index (χ2n) is 4.17. The number of halogens is 2. The molecule has 2 rings (SSSR count). The molecule has 0 aliphatic rings. The normalized spacial score (nSPS) is 10.1. The summed E-state index contributed by atoms with van der Waals surface area (Å²) in [5.41, 5.74) is 2.88. The van der Waals surface area contributed by atoms with Crippen LogP contribution < -0.4 is 5.32 Å². The summed E-state index contributed by atoms with van der Waals surface area (Å²) in [7, 11) is 0. The summed E-state index contributed by atoms with van der Waals surface area (Å²) in [4.78, 5) is 4.16. The minimum atomic E-state index is 0.476. The molecular weight excluding hydrogens is 281 g/mol. The molecule has 0 aliphatic heterocycles. The fraction of sp³-hybridized carbons (Fsp3) is 0.143. The molecule has 3 nitrogen and oxygen atoms in total. The smallest absolute Gasteiger partial charge is 0.148 e. The molecule has 0 fully saturated rings. The first-order valence-electron chi connectivity index (χ1n) is 5.61. The highest BCUT2D eigenvalue weighted by molar-refractivity contribution is 6.35.